The molecule has 2 saturated heterocycles. The Morgan fingerprint density at radius 1 is 1.08 bits per heavy atom. The first-order valence-corrected chi connectivity index (χ1v) is 15.5. The molecule has 2 N–H and O–H groups in total. The molecule has 0 radical (unpaired) electrons. The summed E-state index contributed by atoms with van der Waals surface area (Å²) in [5, 5.41) is 4.35. The highest BCUT2D eigenvalue weighted by molar-refractivity contribution is 9.10. The summed E-state index contributed by atoms with van der Waals surface area (Å²) in [5.41, 5.74) is 3.85. The Kier molecular flexibility index (Phi) is 6.06. The molecule has 1 aliphatic carbocycles. The molecule has 2 fully saturated rings. The van der Waals surface area contributed by atoms with E-state index in [-0.39, 0.29) is 17.8 Å². The van der Waals surface area contributed by atoms with Gasteiger partial charge in [0.05, 0.1) is 11.8 Å². The minimum atomic E-state index is -3.19. The van der Waals surface area contributed by atoms with Gasteiger partial charge < -0.3 is 15.0 Å². The van der Waals surface area contributed by atoms with Crippen LogP contribution >= 0.6 is 15.9 Å². The van der Waals surface area contributed by atoms with Crippen LogP contribution in [-0.2, 0) is 15.4 Å². The number of sulfonamides is 1. The van der Waals surface area contributed by atoms with Gasteiger partial charge in [-0.05, 0) is 67.7 Å². The number of hydrogen-bond donors (Lipinski definition) is 2. The van der Waals surface area contributed by atoms with Crippen molar-refractivity contribution in [2.75, 3.05) is 32.4 Å². The molecule has 196 valence electrons. The van der Waals surface area contributed by atoms with Gasteiger partial charge in [0.15, 0.2) is 5.78 Å². The van der Waals surface area contributed by atoms with Gasteiger partial charge in [-0.15, -0.1) is 0 Å². The van der Waals surface area contributed by atoms with Crippen LogP contribution in [0.3, 0.4) is 0 Å². The molecule has 3 aliphatic rings. The number of piperidine rings is 1. The molecule has 2 aromatic carbocycles. The second-order valence-corrected chi connectivity index (χ2v) is 14.1. The third-order valence-electron chi connectivity index (χ3n) is 8.45. The van der Waals surface area contributed by atoms with Crippen LogP contribution in [0.1, 0.15) is 53.9 Å². The molecular weight excluding hydrogens is 554 g/mol. The van der Waals surface area contributed by atoms with Crippen LogP contribution < -0.4 is 10.1 Å². The van der Waals surface area contributed by atoms with Gasteiger partial charge in [-0.25, -0.2) is 12.7 Å². The summed E-state index contributed by atoms with van der Waals surface area (Å²) in [6.45, 7) is 7.17. The third kappa shape index (κ3) is 4.24. The molecule has 1 atom stereocenters. The standard InChI is InChI=1S/C28H32BrN3O4S/c1-28(2)22-13-19(36-26(16-8-10-30-11-9-16)17-14-32(15-17)37(3,34)35)5-7-20(22)25(33)24-21-6-4-18(29)12-23(21)31-27(24)28/h4-7,12-13,16-17,26,30-31H,8-11,14-15H2,1-3H3. The van der Waals surface area contributed by atoms with E-state index in [1.54, 1.807) is 0 Å². The van der Waals surface area contributed by atoms with Gasteiger partial charge in [0.25, 0.3) is 0 Å². The van der Waals surface area contributed by atoms with Crippen molar-refractivity contribution in [3.63, 3.8) is 0 Å². The fraction of sp³-hybridized carbons (Fsp3) is 0.464. The molecule has 1 unspecified atom stereocenters. The minimum absolute atomic E-state index is 0.0298. The number of carbonyl (C=O) groups excluding carboxylic acids is 1. The van der Waals surface area contributed by atoms with Crippen LogP contribution in [0.5, 0.6) is 5.75 Å². The number of hydrogen-bond acceptors (Lipinski definition) is 5. The normalized spacial score (nSPS) is 21.4. The maximum absolute atomic E-state index is 13.7. The Morgan fingerprint density at radius 3 is 2.51 bits per heavy atom. The highest BCUT2D eigenvalue weighted by Gasteiger charge is 2.44. The summed E-state index contributed by atoms with van der Waals surface area (Å²) >= 11 is 3.54. The predicted molar refractivity (Wildman–Crippen MR) is 148 cm³/mol. The Balaban J connectivity index is 1.34. The molecule has 6 rings (SSSR count). The zero-order valence-electron chi connectivity index (χ0n) is 21.3. The topological polar surface area (TPSA) is 91.5 Å². The highest BCUT2D eigenvalue weighted by atomic mass is 79.9. The van der Waals surface area contributed by atoms with E-state index in [0.717, 1.165) is 63.9 Å². The Labute approximate surface area is 226 Å². The molecule has 2 aliphatic heterocycles. The number of nitrogens with zero attached hydrogens (tertiary/aromatic N) is 1. The first-order valence-electron chi connectivity index (χ1n) is 12.9. The quantitative estimate of drug-likeness (QED) is 0.462. The second kappa shape index (κ2) is 8.93. The summed E-state index contributed by atoms with van der Waals surface area (Å²) in [5.74, 6) is 1.28. The average molecular weight is 587 g/mol. The van der Waals surface area contributed by atoms with E-state index in [2.05, 4.69) is 40.1 Å². The van der Waals surface area contributed by atoms with Gasteiger partial charge in [0.2, 0.25) is 10.0 Å². The second-order valence-electron chi connectivity index (χ2n) is 11.2. The van der Waals surface area contributed by atoms with Gasteiger partial charge >= 0.3 is 0 Å². The summed E-state index contributed by atoms with van der Waals surface area (Å²) < 4.78 is 33.2. The molecular formula is C28H32BrN3O4S. The van der Waals surface area contributed by atoms with Crippen LogP contribution in [0.15, 0.2) is 40.9 Å². The number of rotatable bonds is 5. The number of aromatic amines is 1. The summed E-state index contributed by atoms with van der Waals surface area (Å²) in [4.78, 5) is 17.2. The van der Waals surface area contributed by atoms with Gasteiger partial charge in [-0.3, -0.25) is 4.79 Å². The monoisotopic (exact) mass is 585 g/mol. The summed E-state index contributed by atoms with van der Waals surface area (Å²) in [7, 11) is -3.19. The molecule has 3 heterocycles. The van der Waals surface area contributed by atoms with E-state index in [1.165, 1.54) is 10.6 Å². The number of halogens is 1. The van der Waals surface area contributed by atoms with Crippen molar-refractivity contribution in [3.8, 4) is 5.75 Å². The van der Waals surface area contributed by atoms with Crippen molar-refractivity contribution in [2.24, 2.45) is 11.8 Å². The number of benzene rings is 2. The Bertz CT molecular complexity index is 1500. The molecule has 9 heteroatoms. The summed E-state index contributed by atoms with van der Waals surface area (Å²) in [6.07, 6.45) is 3.20. The van der Waals surface area contributed by atoms with Crippen molar-refractivity contribution in [2.45, 2.75) is 38.2 Å². The lowest BCUT2D eigenvalue weighted by Gasteiger charge is -2.45. The predicted octanol–water partition coefficient (Wildman–Crippen LogP) is 4.44. The number of nitrogens with one attached hydrogen (secondary N) is 2. The van der Waals surface area contributed by atoms with Crippen molar-refractivity contribution < 1.29 is 17.9 Å². The number of aromatic nitrogens is 1. The van der Waals surface area contributed by atoms with Crippen molar-refractivity contribution in [1.82, 2.24) is 14.6 Å². The molecule has 0 bridgehead atoms. The van der Waals surface area contributed by atoms with E-state index >= 15 is 0 Å². The number of ketones is 1. The zero-order valence-corrected chi connectivity index (χ0v) is 23.7. The zero-order chi connectivity index (χ0) is 26.1. The first kappa shape index (κ1) is 25.1. The van der Waals surface area contributed by atoms with Gasteiger partial charge in [-0.2, -0.15) is 0 Å². The Morgan fingerprint density at radius 2 is 1.81 bits per heavy atom. The van der Waals surface area contributed by atoms with Crippen molar-refractivity contribution in [3.05, 3.63) is 63.3 Å². The van der Waals surface area contributed by atoms with E-state index < -0.39 is 15.4 Å². The SMILES string of the molecule is CC1(C)c2cc(OC(C3CCNCC3)C3CN(S(C)(=O)=O)C3)ccc2C(=O)c2c1[nH]c1cc(Br)ccc21. The number of fused-ring (bicyclic) bond motifs is 4. The van der Waals surface area contributed by atoms with E-state index in [4.69, 9.17) is 4.74 Å². The Hall–Kier alpha value is -2.20. The maximum atomic E-state index is 13.7. The highest BCUT2D eigenvalue weighted by Crippen LogP contribution is 2.45. The van der Waals surface area contributed by atoms with Gasteiger partial charge in [0, 0.05) is 51.1 Å². The van der Waals surface area contributed by atoms with E-state index in [1.807, 2.05) is 36.4 Å². The average Bonchev–Trinajstić information content (AvgIpc) is 3.21. The largest absolute Gasteiger partial charge is 0.490 e. The molecule has 37 heavy (non-hydrogen) atoms. The van der Waals surface area contributed by atoms with E-state index in [0.29, 0.717) is 24.6 Å². The minimum Gasteiger partial charge on any atom is -0.490 e. The van der Waals surface area contributed by atoms with Crippen LogP contribution in [0.2, 0.25) is 0 Å². The molecule has 0 saturated carbocycles. The van der Waals surface area contributed by atoms with Crippen molar-refractivity contribution in [1.29, 1.82) is 0 Å². The molecule has 0 spiro atoms. The van der Waals surface area contributed by atoms with Crippen LogP contribution in [-0.4, -0.2) is 62.0 Å². The van der Waals surface area contributed by atoms with Crippen LogP contribution in [0.25, 0.3) is 10.9 Å². The van der Waals surface area contributed by atoms with E-state index in [9.17, 15) is 13.2 Å². The number of ether oxygens (including phenoxy) is 1. The number of H-pyrrole nitrogens is 1. The lowest BCUT2D eigenvalue weighted by Crippen LogP contribution is -2.57. The number of carbonyl (C=O) groups is 1. The lowest BCUT2D eigenvalue weighted by molar-refractivity contribution is 0.00594. The molecule has 0 amide bonds. The molecule has 1 aromatic heterocycles. The smallest absolute Gasteiger partial charge is 0.211 e. The molecule has 3 aromatic rings. The summed E-state index contributed by atoms with van der Waals surface area (Å²) in [6, 6.07) is 11.8. The molecule has 7 nitrogen and oxygen atoms in total. The fourth-order valence-electron chi connectivity index (χ4n) is 6.31. The van der Waals surface area contributed by atoms with Crippen LogP contribution in [0, 0.1) is 11.8 Å². The van der Waals surface area contributed by atoms with Crippen LogP contribution in [0.4, 0.5) is 0 Å². The maximum Gasteiger partial charge on any atom is 0.211 e. The first-order chi connectivity index (χ1) is 17.5. The third-order valence-corrected chi connectivity index (χ3v) is 10.2. The van der Waals surface area contributed by atoms with Crippen molar-refractivity contribution >= 4 is 42.6 Å². The fourth-order valence-corrected chi connectivity index (χ4v) is 7.60. The van der Waals surface area contributed by atoms with Gasteiger partial charge in [-0.1, -0.05) is 35.8 Å². The lowest BCUT2D eigenvalue weighted by atomic mass is 9.71. The van der Waals surface area contributed by atoms with Gasteiger partial charge in [0.1, 0.15) is 11.9 Å².